The first kappa shape index (κ1) is 11.1. The first-order valence-electron chi connectivity index (χ1n) is 3.75. The second-order valence-corrected chi connectivity index (χ2v) is 3.57. The number of hydrogen-bond donors (Lipinski definition) is 1. The van der Waals surface area contributed by atoms with Crippen LogP contribution in [0, 0.1) is 0 Å². The second-order valence-electron chi connectivity index (χ2n) is 2.72. The molecule has 0 saturated carbocycles. The summed E-state index contributed by atoms with van der Waals surface area (Å²) in [6, 6.07) is 2.40. The van der Waals surface area contributed by atoms with Crippen LogP contribution in [0.1, 0.15) is 29.3 Å². The largest absolute Gasteiger partial charge is 0.506 e. The number of benzene rings is 1. The Morgan fingerprint density at radius 1 is 1.50 bits per heavy atom. The molecule has 0 unspecified atom stereocenters. The van der Waals surface area contributed by atoms with Crippen molar-refractivity contribution in [3.63, 3.8) is 0 Å². The lowest BCUT2D eigenvalue weighted by atomic mass is 10.0. The molecule has 1 aromatic carbocycles. The van der Waals surface area contributed by atoms with Crippen LogP contribution in [0.15, 0.2) is 16.6 Å². The molecule has 0 aliphatic carbocycles. The summed E-state index contributed by atoms with van der Waals surface area (Å²) in [5.74, 6) is -1.02. The highest BCUT2D eigenvalue weighted by Crippen LogP contribution is 2.35. The molecular weight excluding hydrogens is 258 g/mol. The minimum Gasteiger partial charge on any atom is -0.506 e. The maximum Gasteiger partial charge on any atom is 0.264 e. The molecule has 0 atom stereocenters. The SMILES string of the molecule is CC(=O)c1c(C(F)F)ccc(Br)c1O. The summed E-state index contributed by atoms with van der Waals surface area (Å²) >= 11 is 2.95. The highest BCUT2D eigenvalue weighted by atomic mass is 79.9. The summed E-state index contributed by atoms with van der Waals surface area (Å²) in [6.07, 6.45) is -2.77. The standard InChI is InChI=1S/C9H7BrF2O2/c1-4(13)7-5(9(11)12)2-3-6(10)8(7)14/h2-3,9,14H,1H3. The van der Waals surface area contributed by atoms with Crippen LogP contribution in [0.4, 0.5) is 8.78 Å². The lowest BCUT2D eigenvalue weighted by Gasteiger charge is -2.09. The zero-order valence-corrected chi connectivity index (χ0v) is 8.81. The van der Waals surface area contributed by atoms with Crippen molar-refractivity contribution >= 4 is 21.7 Å². The lowest BCUT2D eigenvalue weighted by Crippen LogP contribution is -2.01. The number of hydrogen-bond acceptors (Lipinski definition) is 2. The van der Waals surface area contributed by atoms with E-state index < -0.39 is 23.5 Å². The fourth-order valence-corrected chi connectivity index (χ4v) is 1.46. The molecule has 0 aliphatic rings. The highest BCUT2D eigenvalue weighted by molar-refractivity contribution is 9.10. The number of carbonyl (C=O) groups excluding carboxylic acids is 1. The maximum absolute atomic E-state index is 12.4. The van der Waals surface area contributed by atoms with Crippen molar-refractivity contribution in [3.8, 4) is 5.75 Å². The molecule has 0 saturated heterocycles. The monoisotopic (exact) mass is 264 g/mol. The number of aromatic hydroxyl groups is 1. The van der Waals surface area contributed by atoms with Crippen LogP contribution in [0.25, 0.3) is 0 Å². The third-order valence-corrected chi connectivity index (χ3v) is 2.39. The van der Waals surface area contributed by atoms with E-state index in [1.807, 2.05) is 0 Å². The molecule has 0 fully saturated rings. The fraction of sp³-hybridized carbons (Fsp3) is 0.222. The smallest absolute Gasteiger partial charge is 0.264 e. The van der Waals surface area contributed by atoms with Crippen LogP contribution in [0.2, 0.25) is 0 Å². The first-order chi connectivity index (χ1) is 6.45. The van der Waals surface area contributed by atoms with Crippen molar-refractivity contribution in [3.05, 3.63) is 27.7 Å². The molecule has 0 spiro atoms. The van der Waals surface area contributed by atoms with Crippen LogP contribution < -0.4 is 0 Å². The number of ketones is 1. The average Bonchev–Trinajstić information content (AvgIpc) is 2.08. The minimum absolute atomic E-state index is 0.229. The molecule has 0 aliphatic heterocycles. The van der Waals surface area contributed by atoms with E-state index in [2.05, 4.69) is 15.9 Å². The number of halogens is 3. The maximum atomic E-state index is 12.4. The van der Waals surface area contributed by atoms with Gasteiger partial charge in [0.05, 0.1) is 10.0 Å². The van der Waals surface area contributed by atoms with Crippen molar-refractivity contribution < 1.29 is 18.7 Å². The van der Waals surface area contributed by atoms with Gasteiger partial charge in [-0.3, -0.25) is 4.79 Å². The van der Waals surface area contributed by atoms with Crippen molar-refractivity contribution in [2.75, 3.05) is 0 Å². The molecule has 0 radical (unpaired) electrons. The van der Waals surface area contributed by atoms with Gasteiger partial charge in [0.25, 0.3) is 6.43 Å². The predicted molar refractivity (Wildman–Crippen MR) is 50.8 cm³/mol. The molecular formula is C9H7BrF2O2. The van der Waals surface area contributed by atoms with E-state index in [9.17, 15) is 18.7 Å². The summed E-state index contributed by atoms with van der Waals surface area (Å²) in [6.45, 7) is 1.13. The minimum atomic E-state index is -2.77. The molecule has 0 bridgehead atoms. The summed E-state index contributed by atoms with van der Waals surface area (Å²) in [5, 5.41) is 9.40. The highest BCUT2D eigenvalue weighted by Gasteiger charge is 2.20. The molecule has 1 N–H and O–H groups in total. The Bertz CT molecular complexity index is 377. The van der Waals surface area contributed by atoms with Gasteiger partial charge < -0.3 is 5.11 Å². The van der Waals surface area contributed by atoms with E-state index in [1.54, 1.807) is 0 Å². The van der Waals surface area contributed by atoms with Gasteiger partial charge in [0, 0.05) is 5.56 Å². The van der Waals surface area contributed by atoms with Gasteiger partial charge in [-0.05, 0) is 28.9 Å². The number of phenols is 1. The number of rotatable bonds is 2. The number of alkyl halides is 2. The van der Waals surface area contributed by atoms with Gasteiger partial charge in [0.2, 0.25) is 0 Å². The van der Waals surface area contributed by atoms with Crippen molar-refractivity contribution in [1.29, 1.82) is 0 Å². The predicted octanol–water partition coefficient (Wildman–Crippen LogP) is 3.29. The molecule has 0 amide bonds. The number of phenolic OH excluding ortho intramolecular Hbond substituents is 1. The quantitative estimate of drug-likeness (QED) is 0.833. The summed E-state index contributed by atoms with van der Waals surface area (Å²) < 4.78 is 25.1. The molecule has 76 valence electrons. The van der Waals surface area contributed by atoms with E-state index in [0.29, 0.717) is 0 Å². The Morgan fingerprint density at radius 3 is 2.50 bits per heavy atom. The fourth-order valence-electron chi connectivity index (χ4n) is 1.13. The Hall–Kier alpha value is -0.970. The molecule has 5 heteroatoms. The van der Waals surface area contributed by atoms with E-state index in [-0.39, 0.29) is 10.0 Å². The number of carbonyl (C=O) groups is 1. The van der Waals surface area contributed by atoms with Gasteiger partial charge in [-0.2, -0.15) is 0 Å². The Labute approximate surface area is 87.7 Å². The Kier molecular flexibility index (Phi) is 3.21. The van der Waals surface area contributed by atoms with Crippen LogP contribution >= 0.6 is 15.9 Å². The third kappa shape index (κ3) is 1.92. The zero-order chi connectivity index (χ0) is 10.9. The first-order valence-corrected chi connectivity index (χ1v) is 4.55. The van der Waals surface area contributed by atoms with Gasteiger partial charge >= 0.3 is 0 Å². The molecule has 1 rings (SSSR count). The molecule has 2 nitrogen and oxygen atoms in total. The van der Waals surface area contributed by atoms with Gasteiger partial charge in [-0.1, -0.05) is 6.07 Å². The lowest BCUT2D eigenvalue weighted by molar-refractivity contribution is 0.0995. The molecule has 1 aromatic rings. The van der Waals surface area contributed by atoms with Crippen molar-refractivity contribution in [2.45, 2.75) is 13.3 Å². The van der Waals surface area contributed by atoms with Gasteiger partial charge in [-0.15, -0.1) is 0 Å². The van der Waals surface area contributed by atoms with Crippen molar-refractivity contribution in [1.82, 2.24) is 0 Å². The molecule has 0 heterocycles. The topological polar surface area (TPSA) is 37.3 Å². The van der Waals surface area contributed by atoms with E-state index in [0.717, 1.165) is 13.0 Å². The van der Waals surface area contributed by atoms with Crippen LogP contribution in [-0.2, 0) is 0 Å². The molecule has 0 aromatic heterocycles. The van der Waals surface area contributed by atoms with Crippen LogP contribution in [-0.4, -0.2) is 10.9 Å². The van der Waals surface area contributed by atoms with Crippen LogP contribution in [0.5, 0.6) is 5.75 Å². The summed E-state index contributed by atoms with van der Waals surface area (Å²) in [4.78, 5) is 11.0. The average molecular weight is 265 g/mol. The second kappa shape index (κ2) is 4.04. The third-order valence-electron chi connectivity index (χ3n) is 1.75. The van der Waals surface area contributed by atoms with E-state index >= 15 is 0 Å². The van der Waals surface area contributed by atoms with Gasteiger partial charge in [0.1, 0.15) is 5.75 Å². The van der Waals surface area contributed by atoms with E-state index in [4.69, 9.17) is 0 Å². The summed E-state index contributed by atoms with van der Waals surface area (Å²) in [5.41, 5.74) is -0.771. The van der Waals surface area contributed by atoms with Crippen molar-refractivity contribution in [2.24, 2.45) is 0 Å². The van der Waals surface area contributed by atoms with Gasteiger partial charge in [-0.25, -0.2) is 8.78 Å². The number of Topliss-reactive ketones (excluding diaryl/α,β-unsaturated/α-hetero) is 1. The van der Waals surface area contributed by atoms with Gasteiger partial charge in [0.15, 0.2) is 5.78 Å². The Balaban J connectivity index is 3.45. The summed E-state index contributed by atoms with van der Waals surface area (Å²) in [7, 11) is 0. The Morgan fingerprint density at radius 2 is 2.07 bits per heavy atom. The molecule has 14 heavy (non-hydrogen) atoms. The van der Waals surface area contributed by atoms with Crippen LogP contribution in [0.3, 0.4) is 0 Å². The van der Waals surface area contributed by atoms with E-state index in [1.165, 1.54) is 6.07 Å². The normalized spacial score (nSPS) is 10.6. The zero-order valence-electron chi connectivity index (χ0n) is 7.22.